The van der Waals surface area contributed by atoms with Crippen molar-refractivity contribution < 1.29 is 4.79 Å². The number of benzene rings is 1. The summed E-state index contributed by atoms with van der Waals surface area (Å²) in [6.07, 6.45) is 6.01. The Bertz CT molecular complexity index is 630. The highest BCUT2D eigenvalue weighted by molar-refractivity contribution is 6.20. The maximum absolute atomic E-state index is 12.4. The summed E-state index contributed by atoms with van der Waals surface area (Å²) in [6, 6.07) is 9.52. The van der Waals surface area contributed by atoms with Crippen LogP contribution in [0.25, 0.3) is 10.9 Å². The van der Waals surface area contributed by atoms with E-state index in [1.807, 2.05) is 24.3 Å². The molecule has 0 bridgehead atoms. The van der Waals surface area contributed by atoms with Gasteiger partial charge in [-0.25, -0.2) is 0 Å². The lowest BCUT2D eigenvalue weighted by Crippen LogP contribution is -2.31. The van der Waals surface area contributed by atoms with Gasteiger partial charge in [-0.3, -0.25) is 9.78 Å². The lowest BCUT2D eigenvalue weighted by atomic mass is 9.89. The molecule has 0 radical (unpaired) electrons. The summed E-state index contributed by atoms with van der Waals surface area (Å²) < 4.78 is 0. The zero-order valence-electron chi connectivity index (χ0n) is 11.9. The van der Waals surface area contributed by atoms with Crippen LogP contribution in [0.15, 0.2) is 36.5 Å². The van der Waals surface area contributed by atoms with Gasteiger partial charge in [-0.05, 0) is 43.7 Å². The van der Waals surface area contributed by atoms with Crippen molar-refractivity contribution in [1.82, 2.24) is 10.3 Å². The van der Waals surface area contributed by atoms with E-state index in [-0.39, 0.29) is 5.91 Å². The second-order valence-electron chi connectivity index (χ2n) is 5.70. The Hall–Kier alpha value is -1.61. The Morgan fingerprint density at radius 3 is 2.76 bits per heavy atom. The Labute approximate surface area is 129 Å². The highest BCUT2D eigenvalue weighted by Gasteiger charge is 2.20. The standard InChI is InChI=1S/C17H19ClN2O/c18-13-7-5-12(6-8-13)11-20-17(21)15-9-10-19-16-4-2-1-3-14(15)16/h1-4,9-10,12-13H,5-8,11H2,(H,20,21). The van der Waals surface area contributed by atoms with Crippen LogP contribution in [0.3, 0.4) is 0 Å². The van der Waals surface area contributed by atoms with Gasteiger partial charge in [0.25, 0.3) is 5.91 Å². The number of hydrogen-bond acceptors (Lipinski definition) is 2. The van der Waals surface area contributed by atoms with Gasteiger partial charge in [-0.15, -0.1) is 11.6 Å². The van der Waals surface area contributed by atoms with Crippen LogP contribution in [0.1, 0.15) is 36.0 Å². The molecule has 2 aromatic rings. The van der Waals surface area contributed by atoms with Gasteiger partial charge in [-0.2, -0.15) is 0 Å². The minimum Gasteiger partial charge on any atom is -0.352 e. The van der Waals surface area contributed by atoms with E-state index in [1.165, 1.54) is 0 Å². The summed E-state index contributed by atoms with van der Waals surface area (Å²) in [5.74, 6) is 0.540. The molecule has 21 heavy (non-hydrogen) atoms. The number of carbonyl (C=O) groups is 1. The molecule has 1 aliphatic carbocycles. The van der Waals surface area contributed by atoms with E-state index in [1.54, 1.807) is 12.3 Å². The third-order valence-electron chi connectivity index (χ3n) is 4.22. The molecule has 0 aliphatic heterocycles. The molecule has 1 N–H and O–H groups in total. The topological polar surface area (TPSA) is 42.0 Å². The Morgan fingerprint density at radius 1 is 1.19 bits per heavy atom. The number of pyridine rings is 1. The van der Waals surface area contributed by atoms with Crippen LogP contribution in [-0.2, 0) is 0 Å². The third kappa shape index (κ3) is 3.35. The number of nitrogens with zero attached hydrogens (tertiary/aromatic N) is 1. The smallest absolute Gasteiger partial charge is 0.252 e. The number of halogens is 1. The molecular weight excluding hydrogens is 284 g/mol. The first-order valence-corrected chi connectivity index (χ1v) is 7.93. The lowest BCUT2D eigenvalue weighted by molar-refractivity contribution is 0.0945. The number of rotatable bonds is 3. The van der Waals surface area contributed by atoms with Gasteiger partial charge in [0.1, 0.15) is 0 Å². The number of carbonyl (C=O) groups excluding carboxylic acids is 1. The second-order valence-corrected chi connectivity index (χ2v) is 6.32. The fourth-order valence-electron chi connectivity index (χ4n) is 2.95. The van der Waals surface area contributed by atoms with Crippen LogP contribution < -0.4 is 5.32 Å². The first-order valence-electron chi connectivity index (χ1n) is 7.50. The Morgan fingerprint density at radius 2 is 1.95 bits per heavy atom. The Balaban J connectivity index is 1.67. The van der Waals surface area contributed by atoms with Gasteiger partial charge in [0, 0.05) is 23.5 Å². The van der Waals surface area contributed by atoms with Crippen molar-refractivity contribution in [3.05, 3.63) is 42.1 Å². The fourth-order valence-corrected chi connectivity index (χ4v) is 3.20. The molecule has 0 saturated heterocycles. The molecule has 3 nitrogen and oxygen atoms in total. The molecule has 1 aromatic carbocycles. The molecule has 1 aromatic heterocycles. The molecule has 1 heterocycles. The molecule has 3 rings (SSSR count). The summed E-state index contributed by atoms with van der Waals surface area (Å²) in [6.45, 7) is 0.735. The molecule has 4 heteroatoms. The van der Waals surface area contributed by atoms with Crippen LogP contribution in [0.2, 0.25) is 0 Å². The predicted molar refractivity (Wildman–Crippen MR) is 85.7 cm³/mol. The number of fused-ring (bicyclic) bond motifs is 1. The Kier molecular flexibility index (Phi) is 4.39. The monoisotopic (exact) mass is 302 g/mol. The van der Waals surface area contributed by atoms with Crippen molar-refractivity contribution in [1.29, 1.82) is 0 Å². The minimum absolute atomic E-state index is 0.0124. The van der Waals surface area contributed by atoms with Crippen molar-refractivity contribution in [2.75, 3.05) is 6.54 Å². The van der Waals surface area contributed by atoms with Crippen molar-refractivity contribution in [2.45, 2.75) is 31.1 Å². The van der Waals surface area contributed by atoms with Crippen LogP contribution in [0.5, 0.6) is 0 Å². The van der Waals surface area contributed by atoms with E-state index in [9.17, 15) is 4.79 Å². The van der Waals surface area contributed by atoms with Gasteiger partial charge in [-0.1, -0.05) is 18.2 Å². The highest BCUT2D eigenvalue weighted by atomic mass is 35.5. The maximum atomic E-state index is 12.4. The predicted octanol–water partition coefficient (Wildman–Crippen LogP) is 3.76. The summed E-state index contributed by atoms with van der Waals surface area (Å²) in [7, 11) is 0. The van der Waals surface area contributed by atoms with Crippen molar-refractivity contribution in [2.24, 2.45) is 5.92 Å². The third-order valence-corrected chi connectivity index (χ3v) is 4.66. The van der Waals surface area contributed by atoms with E-state index in [0.717, 1.165) is 43.1 Å². The van der Waals surface area contributed by atoms with Gasteiger partial charge in [0.05, 0.1) is 11.1 Å². The maximum Gasteiger partial charge on any atom is 0.252 e. The van der Waals surface area contributed by atoms with E-state index >= 15 is 0 Å². The van der Waals surface area contributed by atoms with Crippen LogP contribution in [-0.4, -0.2) is 22.8 Å². The normalized spacial score (nSPS) is 22.1. The largest absolute Gasteiger partial charge is 0.352 e. The zero-order valence-corrected chi connectivity index (χ0v) is 12.6. The van der Waals surface area contributed by atoms with E-state index in [2.05, 4.69) is 10.3 Å². The summed E-state index contributed by atoms with van der Waals surface area (Å²) >= 11 is 6.11. The second kappa shape index (κ2) is 6.44. The van der Waals surface area contributed by atoms with Gasteiger partial charge in [0.15, 0.2) is 0 Å². The first-order chi connectivity index (χ1) is 10.2. The quantitative estimate of drug-likeness (QED) is 0.877. The van der Waals surface area contributed by atoms with Crippen molar-refractivity contribution in [3.63, 3.8) is 0 Å². The van der Waals surface area contributed by atoms with Gasteiger partial charge >= 0.3 is 0 Å². The molecule has 1 amide bonds. The minimum atomic E-state index is -0.0124. The number of hydrogen-bond donors (Lipinski definition) is 1. The fraction of sp³-hybridized carbons (Fsp3) is 0.412. The van der Waals surface area contributed by atoms with Crippen molar-refractivity contribution in [3.8, 4) is 0 Å². The average Bonchev–Trinajstić information content (AvgIpc) is 2.53. The SMILES string of the molecule is O=C(NCC1CCC(Cl)CC1)c1ccnc2ccccc12. The van der Waals surface area contributed by atoms with Gasteiger partial charge < -0.3 is 5.32 Å². The molecular formula is C17H19ClN2O. The van der Waals surface area contributed by atoms with Gasteiger partial charge in [0.2, 0.25) is 0 Å². The molecule has 1 fully saturated rings. The molecule has 0 unspecified atom stereocenters. The number of para-hydroxylation sites is 1. The van der Waals surface area contributed by atoms with Crippen LogP contribution >= 0.6 is 11.6 Å². The zero-order chi connectivity index (χ0) is 14.7. The number of nitrogens with one attached hydrogen (secondary N) is 1. The highest BCUT2D eigenvalue weighted by Crippen LogP contribution is 2.27. The molecule has 1 saturated carbocycles. The summed E-state index contributed by atoms with van der Waals surface area (Å²) in [4.78, 5) is 16.7. The average molecular weight is 303 g/mol. The molecule has 1 aliphatic rings. The number of alkyl halides is 1. The summed E-state index contributed by atoms with van der Waals surface area (Å²) in [5, 5.41) is 4.29. The lowest BCUT2D eigenvalue weighted by Gasteiger charge is -2.25. The van der Waals surface area contributed by atoms with E-state index in [0.29, 0.717) is 16.9 Å². The van der Waals surface area contributed by atoms with Crippen LogP contribution in [0, 0.1) is 5.92 Å². The summed E-state index contributed by atoms with van der Waals surface area (Å²) in [5.41, 5.74) is 1.56. The van der Waals surface area contributed by atoms with E-state index in [4.69, 9.17) is 11.6 Å². The van der Waals surface area contributed by atoms with E-state index < -0.39 is 0 Å². The van der Waals surface area contributed by atoms with Crippen LogP contribution in [0.4, 0.5) is 0 Å². The van der Waals surface area contributed by atoms with Crippen molar-refractivity contribution >= 4 is 28.4 Å². The number of aromatic nitrogens is 1. The molecule has 0 atom stereocenters. The first kappa shape index (κ1) is 14.3. The number of amides is 1. The molecule has 110 valence electrons. The molecule has 0 spiro atoms.